The minimum absolute atomic E-state index is 0.593. The van der Waals surface area contributed by atoms with Gasteiger partial charge >= 0.3 is 0 Å². The van der Waals surface area contributed by atoms with Gasteiger partial charge in [-0.25, -0.2) is 0 Å². The number of hydrogen-bond acceptors (Lipinski definition) is 3. The predicted octanol–water partition coefficient (Wildman–Crippen LogP) is 2.37. The van der Waals surface area contributed by atoms with Gasteiger partial charge in [-0.15, -0.1) is 0 Å². The maximum Gasteiger partial charge on any atom is 0.0947 e. The van der Waals surface area contributed by atoms with Gasteiger partial charge in [0.1, 0.15) is 0 Å². The summed E-state index contributed by atoms with van der Waals surface area (Å²) in [6, 6.07) is 10.3. The van der Waals surface area contributed by atoms with E-state index < -0.39 is 0 Å². The number of benzene rings is 1. The Morgan fingerprint density at radius 1 is 1.12 bits per heavy atom. The molecule has 0 unspecified atom stereocenters. The molecule has 1 heterocycles. The fourth-order valence-corrected chi connectivity index (χ4v) is 1.95. The van der Waals surface area contributed by atoms with Crippen molar-refractivity contribution in [2.45, 2.75) is 19.6 Å². The van der Waals surface area contributed by atoms with E-state index in [4.69, 9.17) is 10.2 Å². The van der Waals surface area contributed by atoms with Crippen LogP contribution in [0.25, 0.3) is 0 Å². The molecule has 0 spiro atoms. The molecule has 1 aromatic heterocycles. The maximum atomic E-state index is 5.73. The monoisotopic (exact) mass is 230 g/mol. The summed E-state index contributed by atoms with van der Waals surface area (Å²) in [4.78, 5) is 2.25. The van der Waals surface area contributed by atoms with E-state index in [0.29, 0.717) is 6.54 Å². The van der Waals surface area contributed by atoms with E-state index in [0.717, 1.165) is 13.1 Å². The van der Waals surface area contributed by atoms with Gasteiger partial charge in [0.2, 0.25) is 0 Å². The number of furan rings is 1. The molecule has 2 aromatic rings. The molecular weight excluding hydrogens is 212 g/mol. The molecule has 2 rings (SSSR count). The highest BCUT2D eigenvalue weighted by atomic mass is 16.3. The van der Waals surface area contributed by atoms with Crippen molar-refractivity contribution in [1.29, 1.82) is 0 Å². The third kappa shape index (κ3) is 3.19. The van der Waals surface area contributed by atoms with Crippen molar-refractivity contribution >= 4 is 0 Å². The first-order chi connectivity index (χ1) is 8.29. The van der Waals surface area contributed by atoms with E-state index in [1.165, 1.54) is 16.7 Å². The van der Waals surface area contributed by atoms with Crippen molar-refractivity contribution in [3.63, 3.8) is 0 Å². The standard InChI is InChI=1S/C14H18N2O/c1-16(9-12-6-7-17-11-12)10-14-5-3-2-4-13(14)8-15/h2-7,11H,8-10,15H2,1H3. The van der Waals surface area contributed by atoms with Crippen LogP contribution in [0.15, 0.2) is 47.3 Å². The van der Waals surface area contributed by atoms with Gasteiger partial charge in [-0.05, 0) is 24.2 Å². The van der Waals surface area contributed by atoms with E-state index >= 15 is 0 Å². The van der Waals surface area contributed by atoms with Gasteiger partial charge in [-0.3, -0.25) is 4.90 Å². The molecule has 90 valence electrons. The number of hydrogen-bond donors (Lipinski definition) is 1. The molecule has 0 saturated heterocycles. The third-order valence-electron chi connectivity index (χ3n) is 2.81. The Balaban J connectivity index is 2.00. The molecule has 3 heteroatoms. The van der Waals surface area contributed by atoms with Crippen LogP contribution in [0.2, 0.25) is 0 Å². The molecule has 1 aromatic carbocycles. The van der Waals surface area contributed by atoms with Gasteiger partial charge in [0.25, 0.3) is 0 Å². The van der Waals surface area contributed by atoms with Crippen molar-refractivity contribution in [2.24, 2.45) is 5.73 Å². The summed E-state index contributed by atoms with van der Waals surface area (Å²) in [6.07, 6.45) is 3.49. The molecule has 0 radical (unpaired) electrons. The zero-order valence-electron chi connectivity index (χ0n) is 10.1. The Labute approximate surface area is 102 Å². The Morgan fingerprint density at radius 2 is 1.88 bits per heavy atom. The summed E-state index contributed by atoms with van der Waals surface area (Å²) >= 11 is 0. The lowest BCUT2D eigenvalue weighted by Gasteiger charge is -2.17. The quantitative estimate of drug-likeness (QED) is 0.857. The molecule has 0 aliphatic rings. The molecule has 0 atom stereocenters. The summed E-state index contributed by atoms with van der Waals surface area (Å²) in [5, 5.41) is 0. The van der Waals surface area contributed by atoms with Gasteiger partial charge in [0, 0.05) is 25.2 Å². The van der Waals surface area contributed by atoms with Crippen LogP contribution in [0.4, 0.5) is 0 Å². The van der Waals surface area contributed by atoms with E-state index in [1.807, 2.05) is 12.1 Å². The van der Waals surface area contributed by atoms with Crippen LogP contribution in [0, 0.1) is 0 Å². The smallest absolute Gasteiger partial charge is 0.0947 e. The van der Waals surface area contributed by atoms with E-state index in [-0.39, 0.29) is 0 Å². The van der Waals surface area contributed by atoms with Crippen molar-refractivity contribution in [2.75, 3.05) is 7.05 Å². The number of nitrogens with two attached hydrogens (primary N) is 1. The molecular formula is C14H18N2O. The summed E-state index contributed by atoms with van der Waals surface area (Å²) in [5.74, 6) is 0. The summed E-state index contributed by atoms with van der Waals surface area (Å²) < 4.78 is 5.06. The lowest BCUT2D eigenvalue weighted by atomic mass is 10.1. The minimum atomic E-state index is 0.593. The third-order valence-corrected chi connectivity index (χ3v) is 2.81. The van der Waals surface area contributed by atoms with Crippen LogP contribution in [0.3, 0.4) is 0 Å². The summed E-state index contributed by atoms with van der Waals surface area (Å²) in [7, 11) is 2.10. The average Bonchev–Trinajstić information content (AvgIpc) is 2.82. The van der Waals surface area contributed by atoms with Crippen LogP contribution < -0.4 is 5.73 Å². The first-order valence-electron chi connectivity index (χ1n) is 5.76. The SMILES string of the molecule is CN(Cc1ccoc1)Cc1ccccc1CN. The Hall–Kier alpha value is -1.58. The first-order valence-corrected chi connectivity index (χ1v) is 5.76. The molecule has 0 amide bonds. The zero-order valence-corrected chi connectivity index (χ0v) is 10.1. The normalized spacial score (nSPS) is 11.0. The molecule has 2 N–H and O–H groups in total. The Bertz CT molecular complexity index is 451. The largest absolute Gasteiger partial charge is 0.472 e. The Morgan fingerprint density at radius 3 is 2.53 bits per heavy atom. The fourth-order valence-electron chi connectivity index (χ4n) is 1.95. The van der Waals surface area contributed by atoms with Crippen LogP contribution in [0.1, 0.15) is 16.7 Å². The van der Waals surface area contributed by atoms with Gasteiger partial charge < -0.3 is 10.2 Å². The fraction of sp³-hybridized carbons (Fsp3) is 0.286. The Kier molecular flexibility index (Phi) is 3.96. The van der Waals surface area contributed by atoms with E-state index in [2.05, 4.69) is 30.1 Å². The van der Waals surface area contributed by atoms with E-state index in [9.17, 15) is 0 Å². The molecule has 3 nitrogen and oxygen atoms in total. The van der Waals surface area contributed by atoms with E-state index in [1.54, 1.807) is 12.5 Å². The molecule has 0 saturated carbocycles. The van der Waals surface area contributed by atoms with Crippen molar-refractivity contribution in [1.82, 2.24) is 4.90 Å². The molecule has 0 fully saturated rings. The minimum Gasteiger partial charge on any atom is -0.472 e. The molecule has 17 heavy (non-hydrogen) atoms. The average molecular weight is 230 g/mol. The highest BCUT2D eigenvalue weighted by molar-refractivity contribution is 5.26. The maximum absolute atomic E-state index is 5.73. The lowest BCUT2D eigenvalue weighted by molar-refractivity contribution is 0.317. The molecule has 0 bridgehead atoms. The summed E-state index contributed by atoms with van der Waals surface area (Å²) in [6.45, 7) is 2.38. The highest BCUT2D eigenvalue weighted by Gasteiger charge is 2.05. The number of nitrogens with zero attached hydrogens (tertiary/aromatic N) is 1. The topological polar surface area (TPSA) is 42.4 Å². The van der Waals surface area contributed by atoms with Crippen LogP contribution in [-0.2, 0) is 19.6 Å². The second kappa shape index (κ2) is 5.66. The second-order valence-electron chi connectivity index (χ2n) is 4.28. The predicted molar refractivity (Wildman–Crippen MR) is 68.2 cm³/mol. The molecule has 0 aliphatic heterocycles. The lowest BCUT2D eigenvalue weighted by Crippen LogP contribution is -2.18. The van der Waals surface area contributed by atoms with Gasteiger partial charge in [0.05, 0.1) is 12.5 Å². The van der Waals surface area contributed by atoms with Gasteiger partial charge in [-0.1, -0.05) is 24.3 Å². The molecule has 0 aliphatic carbocycles. The summed E-state index contributed by atoms with van der Waals surface area (Å²) in [5.41, 5.74) is 9.43. The van der Waals surface area contributed by atoms with Crippen molar-refractivity contribution in [3.8, 4) is 0 Å². The van der Waals surface area contributed by atoms with Crippen LogP contribution >= 0.6 is 0 Å². The first kappa shape index (κ1) is 11.9. The van der Waals surface area contributed by atoms with Gasteiger partial charge in [0.15, 0.2) is 0 Å². The van der Waals surface area contributed by atoms with Crippen molar-refractivity contribution < 1.29 is 4.42 Å². The van der Waals surface area contributed by atoms with Crippen molar-refractivity contribution in [3.05, 3.63) is 59.5 Å². The zero-order chi connectivity index (χ0) is 12.1. The number of rotatable bonds is 5. The van der Waals surface area contributed by atoms with Crippen LogP contribution in [-0.4, -0.2) is 11.9 Å². The second-order valence-corrected chi connectivity index (χ2v) is 4.28. The van der Waals surface area contributed by atoms with Crippen LogP contribution in [0.5, 0.6) is 0 Å². The van der Waals surface area contributed by atoms with Gasteiger partial charge in [-0.2, -0.15) is 0 Å². The highest BCUT2D eigenvalue weighted by Crippen LogP contribution is 2.12.